The number of thiophene rings is 1. The molecule has 2 nitrogen and oxygen atoms in total. The van der Waals surface area contributed by atoms with E-state index >= 15 is 0 Å². The van der Waals surface area contributed by atoms with Crippen molar-refractivity contribution in [3.8, 4) is 0 Å². The smallest absolute Gasteiger partial charge is 0.139 e. The molecule has 0 aliphatic heterocycles. The lowest BCUT2D eigenvalue weighted by Crippen LogP contribution is -2.32. The molecule has 1 atom stereocenters. The van der Waals surface area contributed by atoms with Crippen molar-refractivity contribution in [2.45, 2.75) is 24.9 Å². The molecule has 0 bridgehead atoms. The summed E-state index contributed by atoms with van der Waals surface area (Å²) in [6, 6.07) is 3.65. The molecule has 0 spiro atoms. The van der Waals surface area contributed by atoms with Crippen LogP contribution in [-0.4, -0.2) is 25.9 Å². The van der Waals surface area contributed by atoms with E-state index in [1.165, 1.54) is 18.4 Å². The van der Waals surface area contributed by atoms with Crippen LogP contribution in [0.5, 0.6) is 0 Å². The molecule has 1 unspecified atom stereocenters. The highest BCUT2D eigenvalue weighted by Gasteiger charge is 2.30. The first-order chi connectivity index (χ1) is 7.59. The van der Waals surface area contributed by atoms with Gasteiger partial charge in [0, 0.05) is 18.4 Å². The maximum Gasteiger partial charge on any atom is 0.139 e. The zero-order valence-electron chi connectivity index (χ0n) is 9.34. The molecule has 0 fully saturated rings. The summed E-state index contributed by atoms with van der Waals surface area (Å²) < 4.78 is 20.1. The van der Waals surface area contributed by atoms with Crippen LogP contribution >= 0.6 is 22.9 Å². The molecule has 0 saturated heterocycles. The summed E-state index contributed by atoms with van der Waals surface area (Å²) in [5.41, 5.74) is 4.07. The van der Waals surface area contributed by atoms with E-state index < -0.39 is 5.67 Å². The van der Waals surface area contributed by atoms with E-state index in [-0.39, 0.29) is 6.61 Å². The van der Waals surface area contributed by atoms with E-state index in [9.17, 15) is 4.39 Å². The first-order valence-corrected chi connectivity index (χ1v) is 6.41. The maximum absolute atomic E-state index is 14.5. The van der Waals surface area contributed by atoms with Gasteiger partial charge in [0.15, 0.2) is 0 Å². The topological polar surface area (TPSA) is 35.2 Å². The van der Waals surface area contributed by atoms with E-state index in [2.05, 4.69) is 0 Å². The van der Waals surface area contributed by atoms with Gasteiger partial charge in [-0.15, -0.1) is 11.3 Å². The van der Waals surface area contributed by atoms with Gasteiger partial charge in [-0.25, -0.2) is 4.39 Å². The number of hydrogen-bond donors (Lipinski definition) is 1. The van der Waals surface area contributed by atoms with Crippen LogP contribution in [0.15, 0.2) is 12.1 Å². The molecule has 1 aromatic heterocycles. The van der Waals surface area contributed by atoms with Crippen LogP contribution in [-0.2, 0) is 11.2 Å². The Morgan fingerprint density at radius 3 is 2.81 bits per heavy atom. The molecular formula is C11H17ClFNOS. The molecule has 0 aromatic carbocycles. The Balaban J connectivity index is 2.62. The minimum atomic E-state index is -1.33. The Labute approximate surface area is 105 Å². The van der Waals surface area contributed by atoms with Gasteiger partial charge in [-0.1, -0.05) is 11.6 Å². The molecule has 1 rings (SSSR count). The van der Waals surface area contributed by atoms with E-state index in [4.69, 9.17) is 22.1 Å². The number of ether oxygens (including phenoxy) is 1. The molecule has 0 radical (unpaired) electrons. The summed E-state index contributed by atoms with van der Waals surface area (Å²) in [6.45, 7) is 0.600. The monoisotopic (exact) mass is 265 g/mol. The molecule has 0 aliphatic rings. The largest absolute Gasteiger partial charge is 0.381 e. The van der Waals surface area contributed by atoms with Gasteiger partial charge in [0.05, 0.1) is 10.9 Å². The van der Waals surface area contributed by atoms with E-state index in [0.717, 1.165) is 4.88 Å². The van der Waals surface area contributed by atoms with Crippen LogP contribution in [0.25, 0.3) is 0 Å². The Morgan fingerprint density at radius 2 is 2.31 bits per heavy atom. The van der Waals surface area contributed by atoms with Crippen molar-refractivity contribution in [1.29, 1.82) is 0 Å². The molecular weight excluding hydrogens is 249 g/mol. The van der Waals surface area contributed by atoms with E-state index in [0.29, 0.717) is 30.1 Å². The second-order valence-corrected chi connectivity index (χ2v) is 5.66. The van der Waals surface area contributed by atoms with Crippen LogP contribution in [0.4, 0.5) is 4.39 Å². The number of methoxy groups -OCH3 is 1. The highest BCUT2D eigenvalue weighted by Crippen LogP contribution is 2.29. The van der Waals surface area contributed by atoms with Gasteiger partial charge >= 0.3 is 0 Å². The zero-order valence-corrected chi connectivity index (χ0v) is 10.9. The molecule has 2 N–H and O–H groups in total. The number of hydrogen-bond acceptors (Lipinski definition) is 3. The Kier molecular flexibility index (Phi) is 5.69. The lowest BCUT2D eigenvalue weighted by molar-refractivity contribution is 0.0340. The average molecular weight is 266 g/mol. The quantitative estimate of drug-likeness (QED) is 0.822. The van der Waals surface area contributed by atoms with Crippen molar-refractivity contribution in [2.75, 3.05) is 20.3 Å². The summed E-state index contributed by atoms with van der Waals surface area (Å²) in [6.07, 6.45) is 1.43. The Hall–Kier alpha value is -0.160. The lowest BCUT2D eigenvalue weighted by Gasteiger charge is -2.23. The summed E-state index contributed by atoms with van der Waals surface area (Å²) in [5, 5.41) is 0. The van der Waals surface area contributed by atoms with Crippen molar-refractivity contribution < 1.29 is 9.13 Å². The fourth-order valence-corrected chi connectivity index (χ4v) is 2.86. The summed E-state index contributed by atoms with van der Waals surface area (Å²) in [7, 11) is 1.51. The van der Waals surface area contributed by atoms with E-state index in [1.54, 1.807) is 6.07 Å². The van der Waals surface area contributed by atoms with Crippen LogP contribution in [0.2, 0.25) is 4.34 Å². The van der Waals surface area contributed by atoms with Gasteiger partial charge in [0.1, 0.15) is 5.67 Å². The molecule has 1 aromatic rings. The number of rotatable bonds is 7. The predicted octanol–water partition coefficient (Wildman–Crippen LogP) is 3.04. The first kappa shape index (κ1) is 13.9. The molecule has 1 heterocycles. The van der Waals surface area contributed by atoms with Crippen LogP contribution in [0.1, 0.15) is 17.7 Å². The summed E-state index contributed by atoms with van der Waals surface area (Å²) >= 11 is 7.23. The second kappa shape index (κ2) is 6.55. The Morgan fingerprint density at radius 1 is 1.56 bits per heavy atom. The van der Waals surface area contributed by atoms with Gasteiger partial charge in [0.25, 0.3) is 0 Å². The van der Waals surface area contributed by atoms with Gasteiger partial charge in [0.2, 0.25) is 0 Å². The predicted molar refractivity (Wildman–Crippen MR) is 67.0 cm³/mol. The van der Waals surface area contributed by atoms with Crippen LogP contribution in [0, 0.1) is 0 Å². The van der Waals surface area contributed by atoms with E-state index in [1.807, 2.05) is 6.07 Å². The minimum absolute atomic E-state index is 0.0997. The second-order valence-electron chi connectivity index (χ2n) is 3.86. The minimum Gasteiger partial charge on any atom is -0.381 e. The van der Waals surface area contributed by atoms with Gasteiger partial charge in [-0.3, -0.25) is 0 Å². The van der Waals surface area contributed by atoms with Crippen molar-refractivity contribution in [1.82, 2.24) is 0 Å². The molecule has 0 aliphatic carbocycles. The molecule has 5 heteroatoms. The van der Waals surface area contributed by atoms with Crippen molar-refractivity contribution >= 4 is 22.9 Å². The average Bonchev–Trinajstić information content (AvgIpc) is 2.61. The summed E-state index contributed by atoms with van der Waals surface area (Å²) in [5.74, 6) is 0. The van der Waals surface area contributed by atoms with Gasteiger partial charge in [-0.2, -0.15) is 0 Å². The van der Waals surface area contributed by atoms with Crippen molar-refractivity contribution in [2.24, 2.45) is 5.73 Å². The van der Waals surface area contributed by atoms with Gasteiger partial charge in [-0.05, 0) is 31.5 Å². The third-order valence-electron chi connectivity index (χ3n) is 2.35. The van der Waals surface area contributed by atoms with Crippen molar-refractivity contribution in [3.05, 3.63) is 21.3 Å². The molecule has 16 heavy (non-hydrogen) atoms. The lowest BCUT2D eigenvalue weighted by atomic mass is 9.96. The number of nitrogens with two attached hydrogens (primary N) is 1. The highest BCUT2D eigenvalue weighted by atomic mass is 35.5. The van der Waals surface area contributed by atoms with Crippen molar-refractivity contribution in [3.63, 3.8) is 0 Å². The fourth-order valence-electron chi connectivity index (χ4n) is 1.65. The number of halogens is 2. The first-order valence-electron chi connectivity index (χ1n) is 5.22. The fraction of sp³-hybridized carbons (Fsp3) is 0.636. The van der Waals surface area contributed by atoms with Gasteiger partial charge < -0.3 is 10.5 Å². The third kappa shape index (κ3) is 4.37. The molecule has 0 amide bonds. The zero-order chi connectivity index (χ0) is 12.0. The standard InChI is InChI=1S/C11H17ClFNOS/c1-15-8-11(13,5-2-6-14)7-9-3-4-10(12)16-9/h3-4H,2,5-8,14H2,1H3. The van der Waals surface area contributed by atoms with Crippen LogP contribution < -0.4 is 5.73 Å². The normalized spacial score (nSPS) is 15.0. The molecule has 92 valence electrons. The SMILES string of the molecule is COCC(F)(CCCN)Cc1ccc(Cl)s1. The third-order valence-corrected chi connectivity index (χ3v) is 3.58. The molecule has 0 saturated carbocycles. The summed E-state index contributed by atoms with van der Waals surface area (Å²) in [4.78, 5) is 0.946. The Bertz CT molecular complexity index is 321. The van der Waals surface area contributed by atoms with Crippen LogP contribution in [0.3, 0.4) is 0 Å². The highest BCUT2D eigenvalue weighted by molar-refractivity contribution is 7.16. The number of alkyl halides is 1. The maximum atomic E-state index is 14.5.